The molecule has 2 fully saturated rings. The highest BCUT2D eigenvalue weighted by Crippen LogP contribution is 2.50. The number of hydrogen-bond acceptors (Lipinski definition) is 9. The van der Waals surface area contributed by atoms with Crippen molar-refractivity contribution in [3.05, 3.63) is 47.2 Å². The number of esters is 2. The molecule has 0 amide bonds. The molecule has 0 N–H and O–H groups in total. The zero-order chi connectivity index (χ0) is 30.4. The molecule has 0 unspecified atom stereocenters. The lowest BCUT2D eigenvalue weighted by molar-refractivity contribution is -0.155. The number of aryl methyl sites for hydroxylation is 1. The molecule has 10 heteroatoms. The van der Waals surface area contributed by atoms with E-state index in [0.29, 0.717) is 35.7 Å². The fraction of sp³-hybridized carbons (Fsp3) is 0.515. The summed E-state index contributed by atoms with van der Waals surface area (Å²) in [5.74, 6) is 1.23. The quantitative estimate of drug-likeness (QED) is 0.366. The fourth-order valence-corrected chi connectivity index (χ4v) is 7.85. The van der Waals surface area contributed by atoms with Gasteiger partial charge in [-0.3, -0.25) is 9.69 Å². The first-order valence-electron chi connectivity index (χ1n) is 14.8. The molecule has 1 saturated carbocycles. The topological polar surface area (TPSA) is 97.7 Å². The minimum Gasteiger partial charge on any atom is -0.497 e. The molecule has 3 heterocycles. The van der Waals surface area contributed by atoms with E-state index in [1.807, 2.05) is 6.07 Å². The maximum Gasteiger partial charge on any atom is 0.338 e. The summed E-state index contributed by atoms with van der Waals surface area (Å²) in [5, 5.41) is 1.27. The number of aromatic nitrogens is 1. The molecule has 1 saturated heterocycles. The Kier molecular flexibility index (Phi) is 7.89. The van der Waals surface area contributed by atoms with E-state index in [0.717, 1.165) is 31.7 Å². The van der Waals surface area contributed by atoms with E-state index in [-0.39, 0.29) is 29.8 Å². The van der Waals surface area contributed by atoms with Crippen LogP contribution in [0, 0.1) is 17.8 Å². The maximum absolute atomic E-state index is 13.4. The second-order valence-corrected chi connectivity index (χ2v) is 11.8. The van der Waals surface area contributed by atoms with E-state index in [1.54, 1.807) is 19.2 Å². The predicted molar refractivity (Wildman–Crippen MR) is 159 cm³/mol. The molecule has 3 aliphatic rings. The number of rotatable bonds is 7. The standard InChI is InChI=1S/C33H40N2O8/c1-34-26-15-20(38-2)7-8-22(26)23-9-10-35-17-19-11-21(14-25(33(37)42-6)24(19)16-27(35)30(23)34)43-32(36)18-12-28(39-3)31(41-5)29(13-18)40-4/h7-8,12-13,15,19,21,24-25,27H,9-11,14,16-17H2,1-6H3/t19-,21-,24+,25-,27-/m1/s1. The Hall–Kier alpha value is -3.92. The lowest BCUT2D eigenvalue weighted by Crippen LogP contribution is -2.52. The minimum absolute atomic E-state index is 0.128. The van der Waals surface area contributed by atoms with Crippen molar-refractivity contribution in [2.24, 2.45) is 24.8 Å². The first-order chi connectivity index (χ1) is 20.8. The highest BCUT2D eigenvalue weighted by molar-refractivity contribution is 5.91. The van der Waals surface area contributed by atoms with Crippen LogP contribution in [0.25, 0.3) is 10.9 Å². The third-order valence-corrected chi connectivity index (χ3v) is 9.81. The first kappa shape index (κ1) is 29.2. The number of hydrogen-bond donors (Lipinski definition) is 0. The SMILES string of the molecule is COC(=O)[C@@H]1C[C@H](OC(=O)c2cc(OC)c(OC)c(OC)c2)C[C@@H]2CN3CCc4c(n(C)c5cc(OC)ccc45)[C@H]3C[C@@H]21. The van der Waals surface area contributed by atoms with Crippen LogP contribution < -0.4 is 18.9 Å². The molecule has 0 radical (unpaired) electrons. The van der Waals surface area contributed by atoms with Gasteiger partial charge in [-0.15, -0.1) is 0 Å². The van der Waals surface area contributed by atoms with Crippen LogP contribution in [0.5, 0.6) is 23.0 Å². The molecule has 0 bridgehead atoms. The largest absolute Gasteiger partial charge is 0.497 e. The molecule has 2 aromatic carbocycles. The Morgan fingerprint density at radius 1 is 0.884 bits per heavy atom. The highest BCUT2D eigenvalue weighted by Gasteiger charge is 2.50. The van der Waals surface area contributed by atoms with Gasteiger partial charge in [0.1, 0.15) is 11.9 Å². The molecule has 0 spiro atoms. The molecular formula is C33H40N2O8. The lowest BCUT2D eigenvalue weighted by Gasteiger charge is -2.51. The van der Waals surface area contributed by atoms with Gasteiger partial charge in [0.25, 0.3) is 0 Å². The minimum atomic E-state index is -0.492. The normalized spacial score (nSPS) is 24.7. The number of carbonyl (C=O) groups is 2. The van der Waals surface area contributed by atoms with Crippen molar-refractivity contribution in [1.82, 2.24) is 9.47 Å². The average molecular weight is 593 g/mol. The molecule has 1 aliphatic carbocycles. The van der Waals surface area contributed by atoms with Crippen LogP contribution >= 0.6 is 0 Å². The van der Waals surface area contributed by atoms with Gasteiger partial charge in [0.15, 0.2) is 11.5 Å². The van der Waals surface area contributed by atoms with Crippen molar-refractivity contribution in [3.63, 3.8) is 0 Å². The zero-order valence-corrected chi connectivity index (χ0v) is 25.7. The molecule has 10 nitrogen and oxygen atoms in total. The number of nitrogens with zero attached hydrogens (tertiary/aromatic N) is 2. The Balaban J connectivity index is 1.26. The van der Waals surface area contributed by atoms with Crippen LogP contribution in [0.4, 0.5) is 0 Å². The van der Waals surface area contributed by atoms with Crippen LogP contribution in [-0.4, -0.2) is 76.1 Å². The Morgan fingerprint density at radius 2 is 1.63 bits per heavy atom. The molecule has 3 aromatic rings. The van der Waals surface area contributed by atoms with Gasteiger partial charge in [-0.1, -0.05) is 0 Å². The van der Waals surface area contributed by atoms with Gasteiger partial charge in [-0.05, 0) is 67.3 Å². The van der Waals surface area contributed by atoms with Crippen LogP contribution in [-0.2, 0) is 27.7 Å². The number of methoxy groups -OCH3 is 5. The van der Waals surface area contributed by atoms with Crippen molar-refractivity contribution in [3.8, 4) is 23.0 Å². The van der Waals surface area contributed by atoms with Crippen LogP contribution in [0.3, 0.4) is 0 Å². The van der Waals surface area contributed by atoms with Gasteiger partial charge in [-0.2, -0.15) is 0 Å². The van der Waals surface area contributed by atoms with Crippen molar-refractivity contribution in [2.75, 3.05) is 48.6 Å². The number of benzene rings is 2. The van der Waals surface area contributed by atoms with Crippen molar-refractivity contribution in [2.45, 2.75) is 37.8 Å². The van der Waals surface area contributed by atoms with Crippen molar-refractivity contribution in [1.29, 1.82) is 0 Å². The summed E-state index contributed by atoms with van der Waals surface area (Å²) < 4.78 is 35.4. The Morgan fingerprint density at radius 3 is 2.28 bits per heavy atom. The van der Waals surface area contributed by atoms with E-state index < -0.39 is 12.1 Å². The van der Waals surface area contributed by atoms with Crippen LogP contribution in [0.1, 0.15) is 46.9 Å². The summed E-state index contributed by atoms with van der Waals surface area (Å²) in [6.45, 7) is 1.79. The molecule has 5 atom stereocenters. The number of ether oxygens (including phenoxy) is 6. The monoisotopic (exact) mass is 592 g/mol. The van der Waals surface area contributed by atoms with E-state index >= 15 is 0 Å². The molecule has 1 aromatic heterocycles. The Bertz CT molecular complexity index is 1520. The molecule has 230 valence electrons. The summed E-state index contributed by atoms with van der Waals surface area (Å²) in [6.07, 6.45) is 2.52. The first-order valence-corrected chi connectivity index (χ1v) is 14.8. The third-order valence-electron chi connectivity index (χ3n) is 9.81. The number of piperidine rings is 1. The van der Waals surface area contributed by atoms with Gasteiger partial charge in [0.2, 0.25) is 5.75 Å². The van der Waals surface area contributed by atoms with Gasteiger partial charge < -0.3 is 33.0 Å². The van der Waals surface area contributed by atoms with Crippen molar-refractivity contribution >= 4 is 22.8 Å². The summed E-state index contributed by atoms with van der Waals surface area (Å²) in [6, 6.07) is 9.68. The molecule has 43 heavy (non-hydrogen) atoms. The average Bonchev–Trinajstić information content (AvgIpc) is 3.33. The smallest absolute Gasteiger partial charge is 0.338 e. The van der Waals surface area contributed by atoms with Crippen LogP contribution in [0.2, 0.25) is 0 Å². The summed E-state index contributed by atoms with van der Waals surface area (Å²) in [5.41, 5.74) is 4.18. The molecular weight excluding hydrogens is 552 g/mol. The second kappa shape index (κ2) is 11.6. The highest BCUT2D eigenvalue weighted by atomic mass is 16.5. The number of fused-ring (bicyclic) bond motifs is 6. The van der Waals surface area contributed by atoms with E-state index in [1.165, 1.54) is 50.6 Å². The summed E-state index contributed by atoms with van der Waals surface area (Å²) in [7, 11) is 9.78. The zero-order valence-electron chi connectivity index (χ0n) is 25.7. The van der Waals surface area contributed by atoms with E-state index in [4.69, 9.17) is 28.4 Å². The third kappa shape index (κ3) is 4.95. The summed E-state index contributed by atoms with van der Waals surface area (Å²) >= 11 is 0. The fourth-order valence-electron chi connectivity index (χ4n) is 7.85. The number of carbonyl (C=O) groups excluding carboxylic acids is 2. The predicted octanol–water partition coefficient (Wildman–Crippen LogP) is 4.56. The second-order valence-electron chi connectivity index (χ2n) is 11.8. The van der Waals surface area contributed by atoms with Gasteiger partial charge in [0, 0.05) is 37.3 Å². The van der Waals surface area contributed by atoms with Crippen molar-refractivity contribution < 1.29 is 38.0 Å². The molecule has 2 aliphatic heterocycles. The van der Waals surface area contributed by atoms with Gasteiger partial charge >= 0.3 is 11.9 Å². The van der Waals surface area contributed by atoms with Gasteiger partial charge in [-0.25, -0.2) is 4.79 Å². The molecule has 6 rings (SSSR count). The summed E-state index contributed by atoms with van der Waals surface area (Å²) in [4.78, 5) is 29.1. The van der Waals surface area contributed by atoms with E-state index in [9.17, 15) is 9.59 Å². The van der Waals surface area contributed by atoms with Crippen LogP contribution in [0.15, 0.2) is 30.3 Å². The maximum atomic E-state index is 13.4. The Labute approximate surface area is 251 Å². The van der Waals surface area contributed by atoms with E-state index in [2.05, 4.69) is 28.6 Å². The van der Waals surface area contributed by atoms with Gasteiger partial charge in [0.05, 0.1) is 58.6 Å². The lowest BCUT2D eigenvalue weighted by atomic mass is 9.65.